The molecule has 5 heteroatoms. The van der Waals surface area contributed by atoms with Gasteiger partial charge in [-0.1, -0.05) is 12.1 Å². The molecule has 0 aliphatic carbocycles. The second kappa shape index (κ2) is 6.38. The molecule has 2 rings (SSSR count). The predicted molar refractivity (Wildman–Crippen MR) is 76.2 cm³/mol. The molecule has 0 bridgehead atoms. The number of carbonyl (C=O) groups excluding carboxylic acids is 1. The van der Waals surface area contributed by atoms with Crippen LogP contribution in [0, 0.1) is 0 Å². The Morgan fingerprint density at radius 2 is 1.90 bits per heavy atom. The zero-order valence-electron chi connectivity index (χ0n) is 10.9. The van der Waals surface area contributed by atoms with Gasteiger partial charge in [0.15, 0.2) is 0 Å². The lowest BCUT2D eigenvalue weighted by atomic mass is 10.2. The van der Waals surface area contributed by atoms with E-state index in [1.165, 1.54) is 6.21 Å². The first-order valence-electron chi connectivity index (χ1n) is 5.96. The number of ether oxygens (including phenoxy) is 1. The molecule has 0 fully saturated rings. The first kappa shape index (κ1) is 13.6. The Balaban J connectivity index is 1.99. The normalized spacial score (nSPS) is 10.4. The lowest BCUT2D eigenvalue weighted by molar-refractivity contribution is 0.0955. The molecule has 2 N–H and O–H groups in total. The maximum absolute atomic E-state index is 11.8. The molecule has 0 aliphatic heterocycles. The van der Waals surface area contributed by atoms with Crippen LogP contribution in [0.4, 0.5) is 0 Å². The zero-order valence-corrected chi connectivity index (χ0v) is 10.9. The first-order chi connectivity index (χ1) is 9.70. The Morgan fingerprint density at radius 3 is 2.55 bits per heavy atom. The van der Waals surface area contributed by atoms with E-state index in [0.717, 1.165) is 0 Å². The summed E-state index contributed by atoms with van der Waals surface area (Å²) in [5.41, 5.74) is 3.39. The predicted octanol–water partition coefficient (Wildman–Crippen LogP) is 2.16. The standard InChI is InChI=1S/C15H14N2O3/c1-20-13-8-6-11(7-9-13)15(19)17-16-10-12-4-2-3-5-14(12)18/h2-10,18H,1H3,(H,17,19). The van der Waals surface area contributed by atoms with E-state index in [1.54, 1.807) is 55.6 Å². The second-order valence-corrected chi connectivity index (χ2v) is 3.99. The summed E-state index contributed by atoms with van der Waals surface area (Å²) < 4.78 is 5.01. The van der Waals surface area contributed by atoms with E-state index in [9.17, 15) is 9.90 Å². The molecule has 0 radical (unpaired) electrons. The van der Waals surface area contributed by atoms with Crippen LogP contribution in [0.25, 0.3) is 0 Å². The van der Waals surface area contributed by atoms with Crippen molar-refractivity contribution in [3.8, 4) is 11.5 Å². The van der Waals surface area contributed by atoms with Gasteiger partial charge in [-0.05, 0) is 36.4 Å². The van der Waals surface area contributed by atoms with Gasteiger partial charge in [0.2, 0.25) is 0 Å². The highest BCUT2D eigenvalue weighted by Crippen LogP contribution is 2.13. The van der Waals surface area contributed by atoms with Crippen LogP contribution < -0.4 is 10.2 Å². The Morgan fingerprint density at radius 1 is 1.20 bits per heavy atom. The van der Waals surface area contributed by atoms with E-state index in [1.807, 2.05) is 0 Å². The second-order valence-electron chi connectivity index (χ2n) is 3.99. The van der Waals surface area contributed by atoms with Gasteiger partial charge >= 0.3 is 0 Å². The van der Waals surface area contributed by atoms with Crippen LogP contribution in [0.15, 0.2) is 53.6 Å². The third-order valence-electron chi connectivity index (χ3n) is 2.66. The summed E-state index contributed by atoms with van der Waals surface area (Å²) >= 11 is 0. The van der Waals surface area contributed by atoms with Crippen molar-refractivity contribution in [1.82, 2.24) is 5.43 Å². The number of aromatic hydroxyl groups is 1. The van der Waals surface area contributed by atoms with Gasteiger partial charge in [0, 0.05) is 11.1 Å². The van der Waals surface area contributed by atoms with E-state index in [0.29, 0.717) is 16.9 Å². The number of methoxy groups -OCH3 is 1. The highest BCUT2D eigenvalue weighted by atomic mass is 16.5. The van der Waals surface area contributed by atoms with Crippen LogP contribution >= 0.6 is 0 Å². The molecule has 0 saturated heterocycles. The van der Waals surface area contributed by atoms with Crippen LogP contribution in [0.1, 0.15) is 15.9 Å². The van der Waals surface area contributed by atoms with Crippen LogP contribution in [0.5, 0.6) is 11.5 Å². The van der Waals surface area contributed by atoms with E-state index < -0.39 is 0 Å². The lowest BCUT2D eigenvalue weighted by Crippen LogP contribution is -2.17. The number of carbonyl (C=O) groups is 1. The summed E-state index contributed by atoms with van der Waals surface area (Å²) in [5, 5.41) is 13.3. The van der Waals surface area contributed by atoms with E-state index >= 15 is 0 Å². The van der Waals surface area contributed by atoms with Gasteiger partial charge in [-0.15, -0.1) is 0 Å². The van der Waals surface area contributed by atoms with Crippen LogP contribution in [-0.2, 0) is 0 Å². The molecule has 0 spiro atoms. The summed E-state index contributed by atoms with van der Waals surface area (Å²) in [7, 11) is 1.56. The average molecular weight is 270 g/mol. The van der Waals surface area contributed by atoms with Crippen molar-refractivity contribution in [2.75, 3.05) is 7.11 Å². The average Bonchev–Trinajstić information content (AvgIpc) is 2.49. The first-order valence-corrected chi connectivity index (χ1v) is 5.96. The highest BCUT2D eigenvalue weighted by molar-refractivity contribution is 5.95. The molecule has 0 unspecified atom stereocenters. The molecule has 0 saturated carbocycles. The zero-order chi connectivity index (χ0) is 14.4. The third-order valence-corrected chi connectivity index (χ3v) is 2.66. The molecule has 5 nitrogen and oxygen atoms in total. The fourth-order valence-corrected chi connectivity index (χ4v) is 1.56. The Bertz CT molecular complexity index is 621. The molecule has 0 aromatic heterocycles. The quantitative estimate of drug-likeness (QED) is 0.660. The number of nitrogens with zero attached hydrogens (tertiary/aromatic N) is 1. The fourth-order valence-electron chi connectivity index (χ4n) is 1.56. The molecule has 0 atom stereocenters. The number of nitrogens with one attached hydrogen (secondary N) is 1. The maximum atomic E-state index is 11.8. The van der Waals surface area contributed by atoms with Crippen molar-refractivity contribution in [3.05, 3.63) is 59.7 Å². The summed E-state index contributed by atoms with van der Waals surface area (Å²) in [6, 6.07) is 13.4. The molecule has 0 aliphatic rings. The number of para-hydroxylation sites is 1. The van der Waals surface area contributed by atoms with Crippen LogP contribution in [0.3, 0.4) is 0 Å². The van der Waals surface area contributed by atoms with Crippen LogP contribution in [0.2, 0.25) is 0 Å². The van der Waals surface area contributed by atoms with E-state index in [4.69, 9.17) is 4.74 Å². The summed E-state index contributed by atoms with van der Waals surface area (Å²) in [5.74, 6) is 0.452. The van der Waals surface area contributed by atoms with Crippen LogP contribution in [-0.4, -0.2) is 24.3 Å². The van der Waals surface area contributed by atoms with Gasteiger partial charge in [0.25, 0.3) is 5.91 Å². The number of phenols is 1. The highest BCUT2D eigenvalue weighted by Gasteiger charge is 2.04. The SMILES string of the molecule is COc1ccc(C(=O)NN=Cc2ccccc2O)cc1. The summed E-state index contributed by atoms with van der Waals surface area (Å²) in [6.45, 7) is 0. The summed E-state index contributed by atoms with van der Waals surface area (Å²) in [6.07, 6.45) is 1.39. The topological polar surface area (TPSA) is 70.9 Å². The van der Waals surface area contributed by atoms with Crippen molar-refractivity contribution in [2.45, 2.75) is 0 Å². The third kappa shape index (κ3) is 3.35. The van der Waals surface area contributed by atoms with Crippen molar-refractivity contribution < 1.29 is 14.6 Å². The monoisotopic (exact) mass is 270 g/mol. The lowest BCUT2D eigenvalue weighted by Gasteiger charge is -2.02. The molecule has 1 amide bonds. The number of phenolic OH excluding ortho intramolecular Hbond substituents is 1. The molecular formula is C15H14N2O3. The molecule has 0 heterocycles. The number of hydrazone groups is 1. The minimum absolute atomic E-state index is 0.106. The van der Waals surface area contributed by atoms with Gasteiger partial charge in [-0.2, -0.15) is 5.10 Å². The minimum atomic E-state index is -0.334. The van der Waals surface area contributed by atoms with Crippen molar-refractivity contribution in [3.63, 3.8) is 0 Å². The number of amides is 1. The smallest absolute Gasteiger partial charge is 0.271 e. The Hall–Kier alpha value is -2.82. The summed E-state index contributed by atoms with van der Waals surface area (Å²) in [4.78, 5) is 11.8. The van der Waals surface area contributed by atoms with E-state index in [-0.39, 0.29) is 11.7 Å². The van der Waals surface area contributed by atoms with Gasteiger partial charge in [-0.3, -0.25) is 4.79 Å². The van der Waals surface area contributed by atoms with Gasteiger partial charge in [0.05, 0.1) is 13.3 Å². The number of hydrogen-bond donors (Lipinski definition) is 2. The van der Waals surface area contributed by atoms with Crippen molar-refractivity contribution >= 4 is 12.1 Å². The fraction of sp³-hybridized carbons (Fsp3) is 0.0667. The van der Waals surface area contributed by atoms with E-state index in [2.05, 4.69) is 10.5 Å². The number of rotatable bonds is 4. The molecule has 2 aromatic carbocycles. The minimum Gasteiger partial charge on any atom is -0.507 e. The van der Waals surface area contributed by atoms with Gasteiger partial charge in [-0.25, -0.2) is 5.43 Å². The maximum Gasteiger partial charge on any atom is 0.271 e. The number of hydrogen-bond acceptors (Lipinski definition) is 4. The Kier molecular flexibility index (Phi) is 4.34. The number of benzene rings is 2. The van der Waals surface area contributed by atoms with Gasteiger partial charge < -0.3 is 9.84 Å². The van der Waals surface area contributed by atoms with Gasteiger partial charge in [0.1, 0.15) is 11.5 Å². The molecule has 20 heavy (non-hydrogen) atoms. The molecular weight excluding hydrogens is 256 g/mol. The molecule has 102 valence electrons. The Labute approximate surface area is 116 Å². The largest absolute Gasteiger partial charge is 0.507 e. The van der Waals surface area contributed by atoms with Crippen molar-refractivity contribution in [1.29, 1.82) is 0 Å². The molecule has 2 aromatic rings. The van der Waals surface area contributed by atoms with Crippen molar-refractivity contribution in [2.24, 2.45) is 5.10 Å².